The van der Waals surface area contributed by atoms with Crippen molar-refractivity contribution in [2.24, 2.45) is 0 Å². The summed E-state index contributed by atoms with van der Waals surface area (Å²) < 4.78 is 11.5. The Morgan fingerprint density at radius 1 is 1.52 bits per heavy atom. The van der Waals surface area contributed by atoms with E-state index in [0.717, 1.165) is 29.8 Å². The summed E-state index contributed by atoms with van der Waals surface area (Å²) in [6, 6.07) is 2.73. The summed E-state index contributed by atoms with van der Waals surface area (Å²) in [6.07, 6.45) is 9.23. The molecule has 0 saturated heterocycles. The van der Waals surface area contributed by atoms with Crippen LogP contribution in [0.1, 0.15) is 38.2 Å². The second-order valence-electron chi connectivity index (χ2n) is 6.37. The number of anilines is 1. The molecule has 1 atom stereocenters. The third kappa shape index (κ3) is 4.10. The Morgan fingerprint density at radius 3 is 2.92 bits per heavy atom. The van der Waals surface area contributed by atoms with Gasteiger partial charge in [-0.1, -0.05) is 6.92 Å². The lowest BCUT2D eigenvalue weighted by Gasteiger charge is -2.18. The Morgan fingerprint density at radius 2 is 2.28 bits per heavy atom. The van der Waals surface area contributed by atoms with E-state index in [1.807, 2.05) is 24.7 Å². The van der Waals surface area contributed by atoms with Crippen molar-refractivity contribution in [3.05, 3.63) is 29.6 Å². The smallest absolute Gasteiger partial charge is 0.438 e. The average molecular weight is 345 g/mol. The molecular formula is C18H25N4O3+. The van der Waals surface area contributed by atoms with Crippen LogP contribution >= 0.6 is 0 Å². The Hall–Kier alpha value is -2.57. The maximum absolute atomic E-state index is 11.0. The standard InChI is InChI=1S/C18H25N4O3/c1-3-14(7-9-25-18(23)24-2)22-10-12(11-22)16(19)15-6-8-20-17(15)21-13-4-5-13/h6,8,10-11,13-14,19-21H,3-5,7,9H2,1-2H3/q+1. The van der Waals surface area contributed by atoms with Gasteiger partial charge < -0.3 is 19.8 Å². The first-order valence-electron chi connectivity index (χ1n) is 8.70. The minimum atomic E-state index is -0.649. The van der Waals surface area contributed by atoms with Crippen molar-refractivity contribution >= 4 is 23.9 Å². The van der Waals surface area contributed by atoms with Crippen LogP contribution in [-0.2, 0) is 9.47 Å². The van der Waals surface area contributed by atoms with Gasteiger partial charge in [0.05, 0.1) is 12.8 Å². The number of aromatic nitrogens is 1. The van der Waals surface area contributed by atoms with Gasteiger partial charge in [-0.3, -0.25) is 5.41 Å². The van der Waals surface area contributed by atoms with E-state index in [1.54, 1.807) is 0 Å². The summed E-state index contributed by atoms with van der Waals surface area (Å²) in [5.74, 6) is 0.929. The van der Waals surface area contributed by atoms with Crippen molar-refractivity contribution in [3.8, 4) is 0 Å². The monoisotopic (exact) mass is 345 g/mol. The van der Waals surface area contributed by atoms with E-state index >= 15 is 0 Å². The summed E-state index contributed by atoms with van der Waals surface area (Å²) in [7, 11) is 1.30. The topological polar surface area (TPSA) is 90.2 Å². The van der Waals surface area contributed by atoms with Gasteiger partial charge in [0.15, 0.2) is 18.5 Å². The fraction of sp³-hybridized carbons (Fsp3) is 0.500. The van der Waals surface area contributed by atoms with Crippen molar-refractivity contribution in [1.29, 1.82) is 5.41 Å². The maximum atomic E-state index is 11.0. The van der Waals surface area contributed by atoms with Gasteiger partial charge >= 0.3 is 6.16 Å². The molecule has 0 spiro atoms. The number of carbonyl (C=O) groups excluding carboxylic acids is 1. The van der Waals surface area contributed by atoms with E-state index in [1.165, 1.54) is 20.0 Å². The molecule has 1 unspecified atom stereocenters. The number of carbonyl (C=O) groups is 1. The van der Waals surface area contributed by atoms with E-state index in [-0.39, 0.29) is 6.04 Å². The van der Waals surface area contributed by atoms with E-state index in [0.29, 0.717) is 18.4 Å². The van der Waals surface area contributed by atoms with Crippen LogP contribution in [0.4, 0.5) is 10.6 Å². The first-order chi connectivity index (χ1) is 12.1. The van der Waals surface area contributed by atoms with Crippen LogP contribution in [-0.4, -0.2) is 53.4 Å². The summed E-state index contributed by atoms with van der Waals surface area (Å²) in [4.78, 5) is 14.2. The first kappa shape index (κ1) is 17.3. The van der Waals surface area contributed by atoms with Crippen molar-refractivity contribution < 1.29 is 18.8 Å². The highest BCUT2D eigenvalue weighted by atomic mass is 16.7. The van der Waals surface area contributed by atoms with E-state index in [4.69, 9.17) is 10.1 Å². The Kier molecular flexibility index (Phi) is 5.21. The second-order valence-corrected chi connectivity index (χ2v) is 6.37. The minimum absolute atomic E-state index is 0.247. The predicted molar refractivity (Wildman–Crippen MR) is 95.7 cm³/mol. The third-order valence-electron chi connectivity index (χ3n) is 4.54. The van der Waals surface area contributed by atoms with Crippen LogP contribution in [0.5, 0.6) is 0 Å². The predicted octanol–water partition coefficient (Wildman–Crippen LogP) is 2.89. The number of H-pyrrole nitrogens is 1. The van der Waals surface area contributed by atoms with Crippen LogP contribution in [0.3, 0.4) is 0 Å². The van der Waals surface area contributed by atoms with Gasteiger partial charge in [0.25, 0.3) is 0 Å². The van der Waals surface area contributed by atoms with E-state index < -0.39 is 6.16 Å². The molecule has 0 bridgehead atoms. The molecule has 0 amide bonds. The molecule has 2 aliphatic rings. The first-order valence-corrected chi connectivity index (χ1v) is 8.70. The van der Waals surface area contributed by atoms with Crippen LogP contribution in [0.15, 0.2) is 24.0 Å². The number of methoxy groups -OCH3 is 1. The van der Waals surface area contributed by atoms with Crippen molar-refractivity contribution in [2.75, 3.05) is 19.0 Å². The molecule has 1 aromatic rings. The van der Waals surface area contributed by atoms with Crippen LogP contribution in [0.2, 0.25) is 0 Å². The average Bonchev–Trinajstić information content (AvgIpc) is 3.26. The van der Waals surface area contributed by atoms with Gasteiger partial charge in [-0.15, -0.1) is 0 Å². The van der Waals surface area contributed by atoms with Crippen LogP contribution in [0.25, 0.3) is 0 Å². The lowest BCUT2D eigenvalue weighted by molar-refractivity contribution is -0.507. The number of rotatable bonds is 9. The molecule has 7 nitrogen and oxygen atoms in total. The highest BCUT2D eigenvalue weighted by Gasteiger charge is 2.30. The zero-order chi connectivity index (χ0) is 17.8. The maximum Gasteiger partial charge on any atom is 0.507 e. The SMILES string of the molecule is CCC(CCOC(=O)OC)[N+]1=CC(C(=N)c2cc[nH]c2NC2CC2)=C1. The molecular weight excluding hydrogens is 320 g/mol. The summed E-state index contributed by atoms with van der Waals surface area (Å²) >= 11 is 0. The van der Waals surface area contributed by atoms with Gasteiger partial charge in [-0.2, -0.15) is 0 Å². The van der Waals surface area contributed by atoms with Crippen LogP contribution < -0.4 is 5.32 Å². The molecule has 134 valence electrons. The number of hydrogen-bond donors (Lipinski definition) is 3. The number of nitrogens with zero attached hydrogens (tertiary/aromatic N) is 1. The van der Waals surface area contributed by atoms with Gasteiger partial charge in [0, 0.05) is 30.6 Å². The van der Waals surface area contributed by atoms with Crippen molar-refractivity contribution in [1.82, 2.24) is 4.98 Å². The molecule has 2 heterocycles. The van der Waals surface area contributed by atoms with E-state index in [2.05, 4.69) is 26.5 Å². The van der Waals surface area contributed by atoms with Gasteiger partial charge in [-0.05, 0) is 18.9 Å². The second kappa shape index (κ2) is 7.55. The molecule has 25 heavy (non-hydrogen) atoms. The highest BCUT2D eigenvalue weighted by molar-refractivity contribution is 6.24. The molecule has 7 heteroatoms. The number of nitrogens with one attached hydrogen (secondary N) is 3. The highest BCUT2D eigenvalue weighted by Crippen LogP contribution is 2.27. The van der Waals surface area contributed by atoms with E-state index in [9.17, 15) is 4.79 Å². The lowest BCUT2D eigenvalue weighted by Crippen LogP contribution is -2.32. The molecule has 1 saturated carbocycles. The summed E-state index contributed by atoms with van der Waals surface area (Å²) in [6.45, 7) is 2.42. The Bertz CT molecular complexity index is 716. The largest absolute Gasteiger partial charge is 0.507 e. The summed E-state index contributed by atoms with van der Waals surface area (Å²) in [5, 5.41) is 11.9. The van der Waals surface area contributed by atoms with Crippen molar-refractivity contribution in [3.63, 3.8) is 0 Å². The third-order valence-corrected chi connectivity index (χ3v) is 4.54. The number of hydrogen-bond acceptors (Lipinski definition) is 5. The summed E-state index contributed by atoms with van der Waals surface area (Å²) in [5.41, 5.74) is 2.32. The normalized spacial score (nSPS) is 17.0. The number of allylic oxidation sites excluding steroid dienone is 1. The van der Waals surface area contributed by atoms with Gasteiger partial charge in [-0.25, -0.2) is 9.37 Å². The molecule has 1 aliphatic heterocycles. The fourth-order valence-corrected chi connectivity index (χ4v) is 2.84. The van der Waals surface area contributed by atoms with Crippen LogP contribution in [0, 0.1) is 5.41 Å². The van der Waals surface area contributed by atoms with Gasteiger partial charge in [0.2, 0.25) is 0 Å². The van der Waals surface area contributed by atoms with Crippen molar-refractivity contribution in [2.45, 2.75) is 44.7 Å². The molecule has 1 aromatic heterocycles. The zero-order valence-corrected chi connectivity index (χ0v) is 14.7. The molecule has 0 aromatic carbocycles. The Balaban J connectivity index is 1.54. The molecule has 1 fully saturated rings. The fourth-order valence-electron chi connectivity index (χ4n) is 2.84. The molecule has 3 N–H and O–H groups in total. The number of ether oxygens (including phenoxy) is 2. The molecule has 1 aliphatic carbocycles. The Labute approximate surface area is 147 Å². The minimum Gasteiger partial charge on any atom is -0.438 e. The molecule has 0 radical (unpaired) electrons. The zero-order valence-electron chi connectivity index (χ0n) is 14.7. The lowest BCUT2D eigenvalue weighted by atomic mass is 10.0. The molecule has 3 rings (SSSR count). The van der Waals surface area contributed by atoms with Gasteiger partial charge in [0.1, 0.15) is 18.0 Å². The number of aromatic amines is 1. The quantitative estimate of drug-likeness (QED) is 0.365.